The molecular weight excluding hydrogens is 325 g/mol. The van der Waals surface area contributed by atoms with E-state index in [0.29, 0.717) is 20.2 Å². The van der Waals surface area contributed by atoms with Crippen LogP contribution in [-0.2, 0) is 6.42 Å². The molecule has 2 unspecified atom stereocenters. The van der Waals surface area contributed by atoms with Crippen LogP contribution >= 0.6 is 8.58 Å². The first-order valence-electron chi connectivity index (χ1n) is 8.73. The summed E-state index contributed by atoms with van der Waals surface area (Å²) in [5.74, 6) is 0.953. The number of phenols is 1. The fourth-order valence-corrected chi connectivity index (χ4v) is 4.51. The highest BCUT2D eigenvalue weighted by atomic mass is 31.1. The lowest BCUT2D eigenvalue weighted by molar-refractivity contribution is 0.479. The van der Waals surface area contributed by atoms with Gasteiger partial charge in [0.25, 0.3) is 0 Å². The first kappa shape index (κ1) is 17.8. The maximum Gasteiger partial charge on any atom is 0.123 e. The number of allylic oxidation sites excluding steroid dienone is 4. The van der Waals surface area contributed by atoms with Crippen LogP contribution < -0.4 is 15.5 Å². The molecule has 2 aromatic rings. The summed E-state index contributed by atoms with van der Waals surface area (Å²) in [6.45, 7) is 2.12. The number of nitrogens with zero attached hydrogens (tertiary/aromatic N) is 1. The molecule has 0 aromatic heterocycles. The molecule has 0 heterocycles. The molecule has 1 aliphatic carbocycles. The van der Waals surface area contributed by atoms with Gasteiger partial charge in [0, 0.05) is 30.4 Å². The Morgan fingerprint density at radius 3 is 2.64 bits per heavy atom. The van der Waals surface area contributed by atoms with E-state index >= 15 is 0 Å². The van der Waals surface area contributed by atoms with Crippen molar-refractivity contribution >= 4 is 24.9 Å². The monoisotopic (exact) mass is 351 g/mol. The second-order valence-electron chi connectivity index (χ2n) is 6.90. The molecule has 0 radical (unpaired) electrons. The van der Waals surface area contributed by atoms with Crippen LogP contribution in [0, 0.1) is 12.8 Å². The highest BCUT2D eigenvalue weighted by molar-refractivity contribution is 7.56. The van der Waals surface area contributed by atoms with Crippen LogP contribution in [0.15, 0.2) is 60.7 Å². The number of aromatic hydroxyl groups is 1. The molecule has 0 fully saturated rings. The Labute approximate surface area is 152 Å². The smallest absolute Gasteiger partial charge is 0.123 e. The summed E-state index contributed by atoms with van der Waals surface area (Å²) in [7, 11) is 4.59. The van der Waals surface area contributed by atoms with E-state index < -0.39 is 0 Å². The average molecular weight is 351 g/mol. The number of anilines is 1. The topological polar surface area (TPSA) is 23.5 Å². The summed E-state index contributed by atoms with van der Waals surface area (Å²) < 4.78 is 0. The highest BCUT2D eigenvalue weighted by Crippen LogP contribution is 2.26. The Morgan fingerprint density at radius 2 is 1.92 bits per heavy atom. The van der Waals surface area contributed by atoms with Gasteiger partial charge in [-0.15, -0.1) is 0 Å². The predicted octanol–water partition coefficient (Wildman–Crippen LogP) is 4.07. The second-order valence-corrected chi connectivity index (χ2v) is 8.23. The summed E-state index contributed by atoms with van der Waals surface area (Å²) in [6, 6.07) is 12.6. The van der Waals surface area contributed by atoms with E-state index in [4.69, 9.17) is 0 Å². The molecule has 0 bridgehead atoms. The molecule has 0 aliphatic heterocycles. The van der Waals surface area contributed by atoms with Gasteiger partial charge in [0.05, 0.1) is 0 Å². The standard InChI is InChI=1S/C22H26NOP/c1-16-9-12-21(19(13-16)23(2)3)25-22-15-18(10-11-20(22)24)14-17-7-5-4-6-8-17/h4-7,9-13,15,17,24-25H,8,14H2,1-3H3. The van der Waals surface area contributed by atoms with Gasteiger partial charge < -0.3 is 10.0 Å². The molecule has 3 rings (SSSR count). The molecule has 0 saturated heterocycles. The van der Waals surface area contributed by atoms with Crippen molar-refractivity contribution in [2.45, 2.75) is 19.8 Å². The molecule has 25 heavy (non-hydrogen) atoms. The fraction of sp³-hybridized carbons (Fsp3) is 0.273. The SMILES string of the molecule is Cc1ccc(Pc2cc(CC3C=CC=CC3)ccc2O)c(N(C)C)c1. The minimum atomic E-state index is 0.395. The van der Waals surface area contributed by atoms with Crippen LogP contribution in [0.2, 0.25) is 0 Å². The van der Waals surface area contributed by atoms with E-state index in [1.165, 1.54) is 22.1 Å². The Morgan fingerprint density at radius 1 is 1.08 bits per heavy atom. The van der Waals surface area contributed by atoms with Crippen molar-refractivity contribution in [3.05, 3.63) is 71.8 Å². The van der Waals surface area contributed by atoms with Crippen LogP contribution in [0.25, 0.3) is 0 Å². The second kappa shape index (κ2) is 7.89. The molecule has 1 aliphatic rings. The minimum absolute atomic E-state index is 0.395. The number of rotatable bonds is 5. The molecule has 2 atom stereocenters. The normalized spacial score (nSPS) is 16.7. The first-order chi connectivity index (χ1) is 12.0. The lowest BCUT2D eigenvalue weighted by Crippen LogP contribution is -2.18. The maximum absolute atomic E-state index is 10.4. The van der Waals surface area contributed by atoms with E-state index in [0.717, 1.165) is 18.1 Å². The molecule has 3 heteroatoms. The lowest BCUT2D eigenvalue weighted by Gasteiger charge is -2.19. The number of benzene rings is 2. The van der Waals surface area contributed by atoms with Gasteiger partial charge in [-0.2, -0.15) is 0 Å². The van der Waals surface area contributed by atoms with Gasteiger partial charge in [0.2, 0.25) is 0 Å². The first-order valence-corrected chi connectivity index (χ1v) is 9.73. The van der Waals surface area contributed by atoms with Gasteiger partial charge in [0.15, 0.2) is 0 Å². The third kappa shape index (κ3) is 4.52. The zero-order valence-corrected chi connectivity index (χ0v) is 16.2. The van der Waals surface area contributed by atoms with E-state index in [1.807, 2.05) is 6.07 Å². The molecule has 2 nitrogen and oxygen atoms in total. The molecule has 1 N–H and O–H groups in total. The van der Waals surface area contributed by atoms with E-state index in [2.05, 4.69) is 80.6 Å². The van der Waals surface area contributed by atoms with Crippen molar-refractivity contribution in [1.29, 1.82) is 0 Å². The van der Waals surface area contributed by atoms with Crippen molar-refractivity contribution in [3.8, 4) is 5.75 Å². The van der Waals surface area contributed by atoms with Crippen molar-refractivity contribution in [1.82, 2.24) is 0 Å². The van der Waals surface area contributed by atoms with Gasteiger partial charge in [-0.25, -0.2) is 0 Å². The summed E-state index contributed by atoms with van der Waals surface area (Å²) in [4.78, 5) is 2.15. The predicted molar refractivity (Wildman–Crippen MR) is 111 cm³/mol. The maximum atomic E-state index is 10.4. The number of hydrogen-bond donors (Lipinski definition) is 1. The van der Waals surface area contributed by atoms with Gasteiger partial charge in [-0.3, -0.25) is 0 Å². The molecule has 0 amide bonds. The molecule has 0 spiro atoms. The van der Waals surface area contributed by atoms with Crippen molar-refractivity contribution in [2.75, 3.05) is 19.0 Å². The highest BCUT2D eigenvalue weighted by Gasteiger charge is 2.12. The largest absolute Gasteiger partial charge is 0.507 e. The number of phenolic OH excluding ortho intramolecular Hbond substituents is 1. The summed E-state index contributed by atoms with van der Waals surface area (Å²) in [5, 5.41) is 12.6. The molecular formula is C22H26NOP. The zero-order valence-electron chi connectivity index (χ0n) is 15.2. The van der Waals surface area contributed by atoms with Gasteiger partial charge in [0.1, 0.15) is 5.75 Å². The lowest BCUT2D eigenvalue weighted by atomic mass is 9.93. The Hall–Kier alpha value is -2.05. The Kier molecular flexibility index (Phi) is 5.60. The fourth-order valence-electron chi connectivity index (χ4n) is 3.16. The van der Waals surface area contributed by atoms with Crippen molar-refractivity contribution in [2.24, 2.45) is 5.92 Å². The Balaban J connectivity index is 1.84. The third-order valence-corrected chi connectivity index (χ3v) is 5.89. The van der Waals surface area contributed by atoms with Crippen LogP contribution in [0.1, 0.15) is 17.5 Å². The molecule has 0 saturated carbocycles. The van der Waals surface area contributed by atoms with E-state index in [9.17, 15) is 5.11 Å². The molecule has 2 aromatic carbocycles. The quantitative estimate of drug-likeness (QED) is 0.821. The van der Waals surface area contributed by atoms with Crippen LogP contribution in [-0.4, -0.2) is 19.2 Å². The van der Waals surface area contributed by atoms with Crippen LogP contribution in [0.5, 0.6) is 5.75 Å². The van der Waals surface area contributed by atoms with Crippen molar-refractivity contribution in [3.63, 3.8) is 0 Å². The van der Waals surface area contributed by atoms with Crippen LogP contribution in [0.3, 0.4) is 0 Å². The average Bonchev–Trinajstić information content (AvgIpc) is 2.60. The van der Waals surface area contributed by atoms with E-state index in [1.54, 1.807) is 0 Å². The third-order valence-electron chi connectivity index (χ3n) is 4.53. The van der Waals surface area contributed by atoms with Gasteiger partial charge >= 0.3 is 0 Å². The van der Waals surface area contributed by atoms with Gasteiger partial charge in [-0.05, 0) is 55.0 Å². The summed E-state index contributed by atoms with van der Waals surface area (Å²) in [6.07, 6.45) is 10.9. The van der Waals surface area contributed by atoms with Crippen molar-refractivity contribution < 1.29 is 5.11 Å². The van der Waals surface area contributed by atoms with Crippen LogP contribution in [0.4, 0.5) is 5.69 Å². The number of aryl methyl sites for hydroxylation is 1. The summed E-state index contributed by atoms with van der Waals surface area (Å²) in [5.41, 5.74) is 3.78. The van der Waals surface area contributed by atoms with Gasteiger partial charge in [-0.1, -0.05) is 51.1 Å². The van der Waals surface area contributed by atoms with E-state index in [-0.39, 0.29) is 0 Å². The zero-order chi connectivity index (χ0) is 17.8. The molecule has 130 valence electrons. The summed E-state index contributed by atoms with van der Waals surface area (Å²) >= 11 is 0. The number of hydrogen-bond acceptors (Lipinski definition) is 2. The minimum Gasteiger partial charge on any atom is -0.507 e. The Bertz CT molecular complexity index is 808.